The van der Waals surface area contributed by atoms with Crippen LogP contribution in [0.1, 0.15) is 35.4 Å². The van der Waals surface area contributed by atoms with Gasteiger partial charge in [0.05, 0.1) is 0 Å². The first-order valence-electron chi connectivity index (χ1n) is 6.27. The average Bonchev–Trinajstić information content (AvgIpc) is 2.39. The van der Waals surface area contributed by atoms with E-state index in [-0.39, 0.29) is 0 Å². The third kappa shape index (κ3) is 1.78. The minimum absolute atomic E-state index is 0.766. The molecule has 2 nitrogen and oxygen atoms in total. The monoisotopic (exact) mass is 214 g/mol. The normalized spacial score (nSPS) is 20.8. The maximum Gasteiger partial charge on any atom is 0.0430 e. The van der Waals surface area contributed by atoms with Gasteiger partial charge < -0.3 is 5.32 Å². The molecule has 0 aromatic heterocycles. The van der Waals surface area contributed by atoms with E-state index in [0.29, 0.717) is 0 Å². The van der Waals surface area contributed by atoms with Gasteiger partial charge in [0.2, 0.25) is 0 Å². The van der Waals surface area contributed by atoms with E-state index >= 15 is 0 Å². The van der Waals surface area contributed by atoms with Crippen LogP contribution < -0.4 is 5.32 Å². The zero-order valence-corrected chi connectivity index (χ0v) is 9.58. The Kier molecular flexibility index (Phi) is 2.75. The Balaban J connectivity index is 1.97. The second kappa shape index (κ2) is 4.38. The molecule has 0 aliphatic carbocycles. The summed E-state index contributed by atoms with van der Waals surface area (Å²) >= 11 is 0. The number of fused-ring (bicyclic) bond motifs is 1. The van der Waals surface area contributed by atoms with Crippen LogP contribution in [0.15, 0.2) is 23.2 Å². The van der Waals surface area contributed by atoms with Gasteiger partial charge in [0.15, 0.2) is 0 Å². The zero-order valence-electron chi connectivity index (χ0n) is 9.58. The van der Waals surface area contributed by atoms with Crippen LogP contribution in [0.2, 0.25) is 0 Å². The molecule has 1 saturated heterocycles. The van der Waals surface area contributed by atoms with Crippen LogP contribution in [0.3, 0.4) is 0 Å². The van der Waals surface area contributed by atoms with Gasteiger partial charge in [-0.25, -0.2) is 0 Å². The highest BCUT2D eigenvalue weighted by Gasteiger charge is 2.19. The van der Waals surface area contributed by atoms with E-state index in [1.807, 2.05) is 6.21 Å². The van der Waals surface area contributed by atoms with Crippen molar-refractivity contribution in [2.75, 3.05) is 19.6 Å². The van der Waals surface area contributed by atoms with E-state index in [1.54, 1.807) is 11.1 Å². The summed E-state index contributed by atoms with van der Waals surface area (Å²) in [5, 5.41) is 3.44. The summed E-state index contributed by atoms with van der Waals surface area (Å²) in [6.07, 6.45) is 5.75. The van der Waals surface area contributed by atoms with Crippen molar-refractivity contribution in [3.63, 3.8) is 0 Å². The molecule has 2 heteroatoms. The van der Waals surface area contributed by atoms with E-state index in [1.165, 1.54) is 31.5 Å². The number of rotatable bonds is 1. The molecule has 2 heterocycles. The van der Waals surface area contributed by atoms with Gasteiger partial charge in [0.25, 0.3) is 0 Å². The molecule has 0 amide bonds. The maximum absolute atomic E-state index is 4.37. The third-order valence-electron chi connectivity index (χ3n) is 3.75. The van der Waals surface area contributed by atoms with Crippen molar-refractivity contribution >= 4 is 6.21 Å². The first kappa shape index (κ1) is 10.0. The van der Waals surface area contributed by atoms with Crippen LogP contribution in [-0.2, 0) is 6.42 Å². The SMILES string of the molecule is C1=NCCc2c1cccc2C1CCNCC1. The van der Waals surface area contributed by atoms with E-state index in [0.717, 1.165) is 18.9 Å². The number of piperidine rings is 1. The molecule has 0 unspecified atom stereocenters. The Morgan fingerprint density at radius 2 is 2.06 bits per heavy atom. The molecule has 0 atom stereocenters. The number of nitrogens with one attached hydrogen (secondary N) is 1. The summed E-state index contributed by atoms with van der Waals surface area (Å²) in [6.45, 7) is 3.31. The van der Waals surface area contributed by atoms with E-state index in [2.05, 4.69) is 28.5 Å². The highest BCUT2D eigenvalue weighted by molar-refractivity contribution is 5.83. The van der Waals surface area contributed by atoms with Crippen molar-refractivity contribution in [3.05, 3.63) is 34.9 Å². The van der Waals surface area contributed by atoms with E-state index < -0.39 is 0 Å². The number of hydrogen-bond acceptors (Lipinski definition) is 2. The van der Waals surface area contributed by atoms with Crippen molar-refractivity contribution in [1.29, 1.82) is 0 Å². The molecule has 1 fully saturated rings. The average molecular weight is 214 g/mol. The second-order valence-electron chi connectivity index (χ2n) is 4.72. The minimum Gasteiger partial charge on any atom is -0.317 e. The first-order valence-corrected chi connectivity index (χ1v) is 6.27. The minimum atomic E-state index is 0.766. The van der Waals surface area contributed by atoms with Crippen LogP contribution in [0.25, 0.3) is 0 Å². The van der Waals surface area contributed by atoms with Gasteiger partial charge in [-0.2, -0.15) is 0 Å². The summed E-state index contributed by atoms with van der Waals surface area (Å²) in [5.74, 6) is 0.766. The molecular weight excluding hydrogens is 196 g/mol. The van der Waals surface area contributed by atoms with Crippen LogP contribution in [-0.4, -0.2) is 25.8 Å². The van der Waals surface area contributed by atoms with Crippen LogP contribution in [0, 0.1) is 0 Å². The summed E-state index contributed by atoms with van der Waals surface area (Å²) in [7, 11) is 0. The highest BCUT2D eigenvalue weighted by atomic mass is 14.9. The van der Waals surface area contributed by atoms with E-state index in [9.17, 15) is 0 Å². The molecule has 0 bridgehead atoms. The lowest BCUT2D eigenvalue weighted by Crippen LogP contribution is -2.27. The smallest absolute Gasteiger partial charge is 0.0430 e. The lowest BCUT2D eigenvalue weighted by molar-refractivity contribution is 0.458. The largest absolute Gasteiger partial charge is 0.317 e. The third-order valence-corrected chi connectivity index (χ3v) is 3.75. The van der Waals surface area contributed by atoms with Gasteiger partial charge in [-0.3, -0.25) is 4.99 Å². The van der Waals surface area contributed by atoms with E-state index in [4.69, 9.17) is 0 Å². The summed E-state index contributed by atoms with van der Waals surface area (Å²) in [5.41, 5.74) is 4.50. The summed E-state index contributed by atoms with van der Waals surface area (Å²) < 4.78 is 0. The highest BCUT2D eigenvalue weighted by Crippen LogP contribution is 2.30. The molecular formula is C14H18N2. The predicted molar refractivity (Wildman–Crippen MR) is 67.5 cm³/mol. The van der Waals surface area contributed by atoms with Gasteiger partial charge >= 0.3 is 0 Å². The molecule has 1 N–H and O–H groups in total. The van der Waals surface area contributed by atoms with Crippen molar-refractivity contribution in [2.24, 2.45) is 4.99 Å². The number of aliphatic imine (C=N–C) groups is 1. The second-order valence-corrected chi connectivity index (χ2v) is 4.72. The van der Waals surface area contributed by atoms with Crippen molar-refractivity contribution < 1.29 is 0 Å². The lowest BCUT2D eigenvalue weighted by atomic mass is 9.84. The Morgan fingerprint density at radius 3 is 2.94 bits per heavy atom. The molecule has 2 aliphatic heterocycles. The molecule has 1 aromatic carbocycles. The number of benzene rings is 1. The Hall–Kier alpha value is -1.15. The molecule has 16 heavy (non-hydrogen) atoms. The topological polar surface area (TPSA) is 24.4 Å². The quantitative estimate of drug-likeness (QED) is 0.761. The number of hydrogen-bond donors (Lipinski definition) is 1. The Bertz CT molecular complexity index is 403. The first-order chi connectivity index (χ1) is 7.95. The lowest BCUT2D eigenvalue weighted by Gasteiger charge is -2.26. The molecule has 0 spiro atoms. The standard InChI is InChI=1S/C14H18N2/c1-2-12-10-16-9-6-14(12)13(3-1)11-4-7-15-8-5-11/h1-3,10-11,15H,4-9H2. The maximum atomic E-state index is 4.37. The fourth-order valence-corrected chi connectivity index (χ4v) is 2.89. The van der Waals surface area contributed by atoms with Crippen molar-refractivity contribution in [1.82, 2.24) is 5.32 Å². The zero-order chi connectivity index (χ0) is 10.8. The number of nitrogens with zero attached hydrogens (tertiary/aromatic N) is 1. The van der Waals surface area contributed by atoms with Gasteiger partial charge in [-0.05, 0) is 55.0 Å². The van der Waals surface area contributed by atoms with Gasteiger partial charge in [0, 0.05) is 12.8 Å². The molecule has 3 rings (SSSR count). The van der Waals surface area contributed by atoms with Gasteiger partial charge in [0.1, 0.15) is 0 Å². The molecule has 1 aromatic rings. The Labute approximate surface area is 96.8 Å². The van der Waals surface area contributed by atoms with Crippen LogP contribution in [0.5, 0.6) is 0 Å². The van der Waals surface area contributed by atoms with Crippen LogP contribution >= 0.6 is 0 Å². The fraction of sp³-hybridized carbons (Fsp3) is 0.500. The van der Waals surface area contributed by atoms with Crippen molar-refractivity contribution in [2.45, 2.75) is 25.2 Å². The van der Waals surface area contributed by atoms with Crippen LogP contribution in [0.4, 0.5) is 0 Å². The molecule has 0 saturated carbocycles. The summed E-state index contributed by atoms with van der Waals surface area (Å²) in [4.78, 5) is 4.37. The van der Waals surface area contributed by atoms with Gasteiger partial charge in [-0.15, -0.1) is 0 Å². The predicted octanol–water partition coefficient (Wildman–Crippen LogP) is 2.13. The molecule has 0 radical (unpaired) electrons. The van der Waals surface area contributed by atoms with Crippen molar-refractivity contribution in [3.8, 4) is 0 Å². The molecule has 84 valence electrons. The van der Waals surface area contributed by atoms with Gasteiger partial charge in [-0.1, -0.05) is 18.2 Å². The molecule has 2 aliphatic rings. The Morgan fingerprint density at radius 1 is 1.19 bits per heavy atom. The summed E-state index contributed by atoms with van der Waals surface area (Å²) in [6, 6.07) is 6.71. The fourth-order valence-electron chi connectivity index (χ4n) is 2.89.